The van der Waals surface area contributed by atoms with Crippen LogP contribution < -0.4 is 5.32 Å². The van der Waals surface area contributed by atoms with Gasteiger partial charge in [0, 0.05) is 10.6 Å². The van der Waals surface area contributed by atoms with Gasteiger partial charge < -0.3 is 10.1 Å². The largest absolute Gasteiger partial charge is 0.462 e. The Morgan fingerprint density at radius 1 is 1.50 bits per heavy atom. The lowest BCUT2D eigenvalue weighted by molar-refractivity contribution is -0.150. The summed E-state index contributed by atoms with van der Waals surface area (Å²) in [6.45, 7) is 5.27. The molecular formula is C13H15BrN2O3S. The first-order chi connectivity index (χ1) is 9.38. The van der Waals surface area contributed by atoms with Gasteiger partial charge in [0.25, 0.3) is 0 Å². The molecule has 20 heavy (non-hydrogen) atoms. The summed E-state index contributed by atoms with van der Waals surface area (Å²) in [4.78, 5) is 28.6. The summed E-state index contributed by atoms with van der Waals surface area (Å²) < 4.78 is 6.22. The first-order valence-corrected chi connectivity index (χ1v) is 7.81. The summed E-state index contributed by atoms with van der Waals surface area (Å²) in [5.41, 5.74) is 0.480. The predicted molar refractivity (Wildman–Crippen MR) is 81.1 cm³/mol. The number of aliphatic imine (C=N–C) groups is 1. The Morgan fingerprint density at radius 3 is 2.75 bits per heavy atom. The molecule has 2 unspecified atom stereocenters. The molecule has 0 saturated heterocycles. The fourth-order valence-electron chi connectivity index (χ4n) is 2.06. The molecule has 7 heteroatoms. The second-order valence-electron chi connectivity index (χ2n) is 4.79. The van der Waals surface area contributed by atoms with Crippen LogP contribution in [0.25, 0.3) is 0 Å². The van der Waals surface area contributed by atoms with Crippen LogP contribution in [0.2, 0.25) is 0 Å². The van der Waals surface area contributed by atoms with Crippen LogP contribution in [0, 0.1) is 5.92 Å². The fraction of sp³-hybridized carbons (Fsp3) is 0.462. The van der Waals surface area contributed by atoms with Crippen molar-refractivity contribution < 1.29 is 14.3 Å². The molecule has 1 aliphatic heterocycles. The Kier molecular flexibility index (Phi) is 4.59. The van der Waals surface area contributed by atoms with Crippen molar-refractivity contribution in [1.29, 1.82) is 0 Å². The van der Waals surface area contributed by atoms with E-state index >= 15 is 0 Å². The first-order valence-electron chi connectivity index (χ1n) is 6.20. The Balaban J connectivity index is 2.34. The lowest BCUT2D eigenvalue weighted by Gasteiger charge is -2.29. The quantitative estimate of drug-likeness (QED) is 0.842. The first kappa shape index (κ1) is 15.2. The zero-order chi connectivity index (χ0) is 14.9. The van der Waals surface area contributed by atoms with E-state index in [0.29, 0.717) is 5.71 Å². The van der Waals surface area contributed by atoms with Crippen molar-refractivity contribution in [3.05, 3.63) is 20.8 Å². The third-order valence-electron chi connectivity index (χ3n) is 2.85. The molecule has 0 bridgehead atoms. The van der Waals surface area contributed by atoms with Crippen LogP contribution in [-0.2, 0) is 9.53 Å². The molecule has 108 valence electrons. The van der Waals surface area contributed by atoms with Crippen LogP contribution in [0.3, 0.4) is 0 Å². The lowest BCUT2D eigenvalue weighted by atomic mass is 9.92. The van der Waals surface area contributed by atoms with Crippen molar-refractivity contribution in [2.45, 2.75) is 32.9 Å². The molecule has 0 aromatic carbocycles. The topological polar surface area (TPSA) is 67.8 Å². The molecule has 1 aliphatic rings. The zero-order valence-electron chi connectivity index (χ0n) is 11.3. The number of nitrogens with one attached hydrogen (secondary N) is 1. The molecule has 0 fully saturated rings. The number of halogens is 1. The number of nitrogens with zero attached hydrogens (tertiary/aromatic N) is 1. The minimum Gasteiger partial charge on any atom is -0.462 e. The molecule has 0 aliphatic carbocycles. The predicted octanol–water partition coefficient (Wildman–Crippen LogP) is 3.30. The van der Waals surface area contributed by atoms with Crippen LogP contribution in [0.4, 0.5) is 4.79 Å². The van der Waals surface area contributed by atoms with Gasteiger partial charge in [-0.3, -0.25) is 4.79 Å². The van der Waals surface area contributed by atoms with E-state index in [1.165, 1.54) is 11.3 Å². The number of amides is 2. The molecule has 0 spiro atoms. The summed E-state index contributed by atoms with van der Waals surface area (Å²) in [7, 11) is 0. The van der Waals surface area contributed by atoms with Crippen molar-refractivity contribution >= 4 is 45.0 Å². The number of thiophene rings is 1. The van der Waals surface area contributed by atoms with E-state index in [1.807, 2.05) is 12.1 Å². The van der Waals surface area contributed by atoms with Gasteiger partial charge in [-0.2, -0.15) is 0 Å². The number of carbonyl (C=O) groups excluding carboxylic acids is 2. The van der Waals surface area contributed by atoms with Crippen LogP contribution in [0.5, 0.6) is 0 Å². The maximum absolute atomic E-state index is 12.3. The zero-order valence-corrected chi connectivity index (χ0v) is 13.7. The van der Waals surface area contributed by atoms with E-state index in [2.05, 4.69) is 26.2 Å². The van der Waals surface area contributed by atoms with Gasteiger partial charge in [-0.15, -0.1) is 11.3 Å². The van der Waals surface area contributed by atoms with Gasteiger partial charge in [-0.25, -0.2) is 9.79 Å². The monoisotopic (exact) mass is 358 g/mol. The van der Waals surface area contributed by atoms with Crippen molar-refractivity contribution in [3.8, 4) is 0 Å². The third kappa shape index (κ3) is 3.27. The highest BCUT2D eigenvalue weighted by Crippen LogP contribution is 2.34. The average molecular weight is 359 g/mol. The Morgan fingerprint density at radius 2 is 2.20 bits per heavy atom. The number of rotatable bonds is 3. The van der Waals surface area contributed by atoms with Crippen LogP contribution in [0.15, 0.2) is 20.9 Å². The summed E-state index contributed by atoms with van der Waals surface area (Å²) in [6, 6.07) is 2.92. The van der Waals surface area contributed by atoms with E-state index in [4.69, 9.17) is 4.74 Å². The number of carbonyl (C=O) groups is 2. The highest BCUT2D eigenvalue weighted by molar-refractivity contribution is 9.11. The second-order valence-corrected chi connectivity index (χ2v) is 7.28. The summed E-state index contributed by atoms with van der Waals surface area (Å²) in [5.74, 6) is -0.948. The number of hydrogen-bond donors (Lipinski definition) is 1. The van der Waals surface area contributed by atoms with Crippen LogP contribution in [-0.4, -0.2) is 23.8 Å². The smallest absolute Gasteiger partial charge is 0.341 e. The van der Waals surface area contributed by atoms with Crippen LogP contribution >= 0.6 is 27.3 Å². The molecule has 5 nitrogen and oxygen atoms in total. The maximum atomic E-state index is 12.3. The maximum Gasteiger partial charge on any atom is 0.341 e. The van der Waals surface area contributed by atoms with Gasteiger partial charge in [-0.1, -0.05) is 0 Å². The summed E-state index contributed by atoms with van der Waals surface area (Å²) >= 11 is 4.86. The standard InChI is InChI=1S/C13H15BrN2O3S/c1-6(2)19-12(17)10-7(3)15-13(18)16-11(10)8-4-5-9(14)20-8/h4-6,10-11H,1-3H3,(H,16,18). The van der Waals surface area contributed by atoms with Gasteiger partial charge in [0.05, 0.1) is 15.9 Å². The molecule has 2 amide bonds. The van der Waals surface area contributed by atoms with E-state index in [-0.39, 0.29) is 12.1 Å². The molecule has 2 heterocycles. The minimum absolute atomic E-state index is 0.205. The van der Waals surface area contributed by atoms with Gasteiger partial charge in [-0.05, 0) is 48.8 Å². The molecule has 1 aromatic rings. The van der Waals surface area contributed by atoms with E-state index < -0.39 is 18.0 Å². The summed E-state index contributed by atoms with van der Waals surface area (Å²) in [6.07, 6.45) is -0.205. The highest BCUT2D eigenvalue weighted by atomic mass is 79.9. The number of hydrogen-bond acceptors (Lipinski definition) is 4. The van der Waals surface area contributed by atoms with Crippen molar-refractivity contribution in [1.82, 2.24) is 5.32 Å². The van der Waals surface area contributed by atoms with E-state index in [1.54, 1.807) is 20.8 Å². The van der Waals surface area contributed by atoms with E-state index in [0.717, 1.165) is 8.66 Å². The van der Waals surface area contributed by atoms with Gasteiger partial charge >= 0.3 is 12.0 Å². The Labute approximate surface area is 129 Å². The third-order valence-corrected chi connectivity index (χ3v) is 4.55. The Bertz CT molecular complexity index is 568. The van der Waals surface area contributed by atoms with Crippen molar-refractivity contribution in [2.75, 3.05) is 0 Å². The molecular weight excluding hydrogens is 344 g/mol. The van der Waals surface area contributed by atoms with Crippen molar-refractivity contribution in [2.24, 2.45) is 10.9 Å². The van der Waals surface area contributed by atoms with Gasteiger partial charge in [0.1, 0.15) is 5.92 Å². The number of urea groups is 1. The van der Waals surface area contributed by atoms with E-state index in [9.17, 15) is 9.59 Å². The molecule has 0 radical (unpaired) electrons. The SMILES string of the molecule is CC1=NC(=O)NC(c2ccc(Br)s2)C1C(=O)OC(C)C. The van der Waals surface area contributed by atoms with Gasteiger partial charge in [0.2, 0.25) is 0 Å². The number of ether oxygens (including phenoxy) is 1. The average Bonchev–Trinajstić information content (AvgIpc) is 2.73. The van der Waals surface area contributed by atoms with Crippen molar-refractivity contribution in [3.63, 3.8) is 0 Å². The summed E-state index contributed by atoms with van der Waals surface area (Å²) in [5, 5.41) is 2.74. The molecule has 1 N–H and O–H groups in total. The van der Waals surface area contributed by atoms with Gasteiger partial charge in [0.15, 0.2) is 0 Å². The molecule has 2 atom stereocenters. The fourth-order valence-corrected chi connectivity index (χ4v) is 3.57. The second kappa shape index (κ2) is 6.05. The minimum atomic E-state index is -0.583. The Hall–Kier alpha value is -1.21. The number of esters is 1. The normalized spacial score (nSPS) is 22.4. The molecule has 2 rings (SSSR count). The van der Waals surface area contributed by atoms with Crippen LogP contribution in [0.1, 0.15) is 31.7 Å². The molecule has 0 saturated carbocycles. The molecule has 1 aromatic heterocycles. The lowest BCUT2D eigenvalue weighted by Crippen LogP contribution is -2.44. The highest BCUT2D eigenvalue weighted by Gasteiger charge is 2.38.